The predicted octanol–water partition coefficient (Wildman–Crippen LogP) is 2.79. The number of hydrogen-bond donors (Lipinski definition) is 1. The zero-order valence-corrected chi connectivity index (χ0v) is 12.4. The summed E-state index contributed by atoms with van der Waals surface area (Å²) in [5, 5.41) is 9.74. The number of pyridine rings is 1. The number of carbonyl (C=O) groups is 1. The van der Waals surface area contributed by atoms with Gasteiger partial charge in [0.05, 0.1) is 0 Å². The van der Waals surface area contributed by atoms with E-state index < -0.39 is 5.97 Å². The first-order chi connectivity index (χ1) is 9.49. The Balaban J connectivity index is 2.19. The summed E-state index contributed by atoms with van der Waals surface area (Å²) >= 11 is 1.42. The Morgan fingerprint density at radius 1 is 1.25 bits per heavy atom. The molecule has 5 nitrogen and oxygen atoms in total. The quantitative estimate of drug-likeness (QED) is 0.689. The topological polar surface area (TPSA) is 76.0 Å². The molecule has 0 aliphatic heterocycles. The minimum absolute atomic E-state index is 0.0838. The number of rotatable bonds is 4. The van der Waals surface area contributed by atoms with Gasteiger partial charge >= 0.3 is 5.97 Å². The third-order valence-corrected chi connectivity index (χ3v) is 3.96. The molecule has 0 saturated heterocycles. The van der Waals surface area contributed by atoms with Gasteiger partial charge in [-0.05, 0) is 38.0 Å². The fraction of sp³-hybridized carbons (Fsp3) is 0.286. The molecule has 0 aromatic carbocycles. The molecule has 0 radical (unpaired) electrons. The van der Waals surface area contributed by atoms with E-state index in [9.17, 15) is 4.79 Å². The van der Waals surface area contributed by atoms with Crippen LogP contribution in [0, 0.1) is 20.8 Å². The van der Waals surface area contributed by atoms with E-state index in [1.807, 2.05) is 20.8 Å². The molecule has 1 N–H and O–H groups in total. The van der Waals surface area contributed by atoms with Crippen LogP contribution < -0.4 is 0 Å². The van der Waals surface area contributed by atoms with Gasteiger partial charge in [-0.2, -0.15) is 0 Å². The van der Waals surface area contributed by atoms with Gasteiger partial charge in [-0.1, -0.05) is 17.8 Å². The lowest BCUT2D eigenvalue weighted by atomic mass is 10.2. The molecule has 20 heavy (non-hydrogen) atoms. The second-order valence-corrected chi connectivity index (χ2v) is 5.35. The summed E-state index contributed by atoms with van der Waals surface area (Å²) in [5.74, 6) is -0.532. The summed E-state index contributed by atoms with van der Waals surface area (Å²) in [6.07, 6.45) is 1.48. The third kappa shape index (κ3) is 3.14. The second kappa shape index (κ2) is 6.00. The van der Waals surface area contributed by atoms with Crippen LogP contribution >= 0.6 is 11.8 Å². The summed E-state index contributed by atoms with van der Waals surface area (Å²) in [5.41, 5.74) is 3.74. The molecular formula is C14H15N3O2S. The molecule has 2 rings (SSSR count). The van der Waals surface area contributed by atoms with Crippen LogP contribution in [0.2, 0.25) is 0 Å². The Hall–Kier alpha value is -1.95. The molecule has 0 spiro atoms. The maximum Gasteiger partial charge on any atom is 0.354 e. The number of aryl methyl sites for hydroxylation is 2. The van der Waals surface area contributed by atoms with E-state index in [0.29, 0.717) is 16.5 Å². The zero-order valence-electron chi connectivity index (χ0n) is 11.5. The maximum absolute atomic E-state index is 11.1. The molecule has 104 valence electrons. The molecule has 0 unspecified atom stereocenters. The average Bonchev–Trinajstić information content (AvgIpc) is 2.42. The summed E-state index contributed by atoms with van der Waals surface area (Å²) < 4.78 is 0. The molecule has 0 bridgehead atoms. The van der Waals surface area contributed by atoms with Crippen LogP contribution in [-0.4, -0.2) is 26.0 Å². The first kappa shape index (κ1) is 14.5. The van der Waals surface area contributed by atoms with Gasteiger partial charge in [-0.3, -0.25) is 0 Å². The average molecular weight is 289 g/mol. The Morgan fingerprint density at radius 2 is 1.90 bits per heavy atom. The van der Waals surface area contributed by atoms with Crippen LogP contribution in [0.15, 0.2) is 23.5 Å². The van der Waals surface area contributed by atoms with Crippen molar-refractivity contribution in [3.8, 4) is 0 Å². The van der Waals surface area contributed by atoms with Gasteiger partial charge in [-0.25, -0.2) is 19.7 Å². The molecule has 6 heteroatoms. The predicted molar refractivity (Wildman–Crippen MR) is 77.0 cm³/mol. The van der Waals surface area contributed by atoms with E-state index in [1.165, 1.54) is 18.0 Å². The minimum Gasteiger partial charge on any atom is -0.477 e. The van der Waals surface area contributed by atoms with Crippen LogP contribution in [0.4, 0.5) is 0 Å². The Kier molecular flexibility index (Phi) is 4.34. The standard InChI is InChI=1S/C14H15N3O2S/c1-8-9(2)16-14(17-10(8)3)20-7-11-5-4-6-15-12(11)13(18)19/h4-6H,7H2,1-3H3,(H,18,19). The van der Waals surface area contributed by atoms with Crippen molar-refractivity contribution < 1.29 is 9.90 Å². The van der Waals surface area contributed by atoms with Crippen molar-refractivity contribution in [1.82, 2.24) is 15.0 Å². The summed E-state index contributed by atoms with van der Waals surface area (Å²) in [4.78, 5) is 23.8. The third-order valence-electron chi connectivity index (χ3n) is 3.06. The SMILES string of the molecule is Cc1nc(SCc2cccnc2C(=O)O)nc(C)c1C. The van der Waals surface area contributed by atoms with Gasteiger partial charge < -0.3 is 5.11 Å². The summed E-state index contributed by atoms with van der Waals surface area (Å²) in [7, 11) is 0. The summed E-state index contributed by atoms with van der Waals surface area (Å²) in [6, 6.07) is 3.49. The van der Waals surface area contributed by atoms with Crippen molar-refractivity contribution >= 4 is 17.7 Å². The van der Waals surface area contributed by atoms with E-state index in [-0.39, 0.29) is 5.69 Å². The first-order valence-electron chi connectivity index (χ1n) is 6.11. The molecule has 0 saturated carbocycles. The highest BCUT2D eigenvalue weighted by Crippen LogP contribution is 2.22. The fourth-order valence-electron chi connectivity index (χ4n) is 1.70. The van der Waals surface area contributed by atoms with Gasteiger partial charge in [0.25, 0.3) is 0 Å². The van der Waals surface area contributed by atoms with Crippen LogP contribution in [-0.2, 0) is 5.75 Å². The maximum atomic E-state index is 11.1. The highest BCUT2D eigenvalue weighted by molar-refractivity contribution is 7.98. The molecule has 0 amide bonds. The Bertz CT molecular complexity index is 636. The molecule has 0 atom stereocenters. The number of carboxylic acids is 1. The van der Waals surface area contributed by atoms with Crippen molar-refractivity contribution in [2.45, 2.75) is 31.7 Å². The van der Waals surface area contributed by atoms with Crippen molar-refractivity contribution in [3.63, 3.8) is 0 Å². The van der Waals surface area contributed by atoms with Gasteiger partial charge in [0.2, 0.25) is 0 Å². The smallest absolute Gasteiger partial charge is 0.354 e. The van der Waals surface area contributed by atoms with Crippen molar-refractivity contribution in [2.75, 3.05) is 0 Å². The molecular weight excluding hydrogens is 274 g/mol. The molecule has 0 fully saturated rings. The zero-order chi connectivity index (χ0) is 14.7. The van der Waals surface area contributed by atoms with Gasteiger partial charge in [0.15, 0.2) is 10.9 Å². The largest absolute Gasteiger partial charge is 0.477 e. The normalized spacial score (nSPS) is 10.6. The fourth-order valence-corrected chi connectivity index (χ4v) is 2.62. The van der Waals surface area contributed by atoms with Crippen molar-refractivity contribution in [2.24, 2.45) is 0 Å². The minimum atomic E-state index is -1.02. The van der Waals surface area contributed by atoms with Crippen LogP contribution in [0.5, 0.6) is 0 Å². The van der Waals surface area contributed by atoms with E-state index in [2.05, 4.69) is 15.0 Å². The van der Waals surface area contributed by atoms with Crippen LogP contribution in [0.25, 0.3) is 0 Å². The van der Waals surface area contributed by atoms with Gasteiger partial charge in [0.1, 0.15) is 0 Å². The highest BCUT2D eigenvalue weighted by atomic mass is 32.2. The number of carboxylic acid groups (broad SMARTS) is 1. The lowest BCUT2D eigenvalue weighted by Gasteiger charge is -2.07. The summed E-state index contributed by atoms with van der Waals surface area (Å²) in [6.45, 7) is 5.88. The molecule has 2 heterocycles. The number of hydrogen-bond acceptors (Lipinski definition) is 5. The molecule has 0 aliphatic rings. The number of thioether (sulfide) groups is 1. The first-order valence-corrected chi connectivity index (χ1v) is 7.09. The Morgan fingerprint density at radius 3 is 2.50 bits per heavy atom. The number of nitrogens with zero attached hydrogens (tertiary/aromatic N) is 3. The van der Waals surface area contributed by atoms with E-state index >= 15 is 0 Å². The lowest BCUT2D eigenvalue weighted by Crippen LogP contribution is -2.05. The highest BCUT2D eigenvalue weighted by Gasteiger charge is 2.12. The van der Waals surface area contributed by atoms with E-state index in [4.69, 9.17) is 5.11 Å². The lowest BCUT2D eigenvalue weighted by molar-refractivity contribution is 0.0689. The number of aromatic carboxylic acids is 1. The molecule has 2 aromatic heterocycles. The van der Waals surface area contributed by atoms with Crippen molar-refractivity contribution in [3.05, 3.63) is 46.5 Å². The number of aromatic nitrogens is 3. The van der Waals surface area contributed by atoms with E-state index in [1.54, 1.807) is 12.1 Å². The van der Waals surface area contributed by atoms with Crippen molar-refractivity contribution in [1.29, 1.82) is 0 Å². The second-order valence-electron chi connectivity index (χ2n) is 4.41. The molecule has 0 aliphatic carbocycles. The van der Waals surface area contributed by atoms with Crippen LogP contribution in [0.3, 0.4) is 0 Å². The van der Waals surface area contributed by atoms with Gasteiger partial charge in [-0.15, -0.1) is 0 Å². The molecule has 2 aromatic rings. The van der Waals surface area contributed by atoms with Gasteiger partial charge in [0, 0.05) is 23.3 Å². The van der Waals surface area contributed by atoms with Crippen LogP contribution in [0.1, 0.15) is 33.0 Å². The van der Waals surface area contributed by atoms with E-state index in [0.717, 1.165) is 17.0 Å². The Labute approximate surface area is 121 Å². The monoisotopic (exact) mass is 289 g/mol.